The van der Waals surface area contributed by atoms with Crippen molar-refractivity contribution in [2.45, 2.75) is 77.9 Å². The molecule has 1 spiro atoms. The van der Waals surface area contributed by atoms with E-state index in [9.17, 15) is 2.74 Å². The molecule has 0 amide bonds. The third-order valence-corrected chi connectivity index (χ3v) is 17.0. The van der Waals surface area contributed by atoms with Gasteiger partial charge in [-0.2, -0.15) is 12.1 Å². The van der Waals surface area contributed by atoms with Gasteiger partial charge in [0.25, 0.3) is 0 Å². The van der Waals surface area contributed by atoms with Crippen LogP contribution in [0.3, 0.4) is 0 Å². The van der Waals surface area contributed by atoms with Crippen molar-refractivity contribution >= 4 is 44.6 Å². The number of aryl methyl sites for hydroxylation is 2. The zero-order valence-corrected chi connectivity index (χ0v) is 49.6. The number of para-hydroxylation sites is 3. The molecule has 0 bridgehead atoms. The number of aromatic nitrogens is 2. The number of pyridine rings is 1. The van der Waals surface area contributed by atoms with Crippen molar-refractivity contribution in [3.8, 4) is 50.7 Å². The molecule has 0 saturated carbocycles. The fraction of sp³-hybridized carbons (Fsp3) is 0.154. The van der Waals surface area contributed by atoms with Crippen molar-refractivity contribution in [2.75, 3.05) is 9.80 Å². The summed E-state index contributed by atoms with van der Waals surface area (Å²) in [6.45, 7) is 9.71. The molecule has 0 N–H and O–H groups in total. The van der Waals surface area contributed by atoms with Gasteiger partial charge in [-0.3, -0.25) is 0 Å². The molecule has 84 heavy (non-hydrogen) atoms. The standard InChI is InChI=1S/C78H63N4O.Pt/c1-49-39-50(2)41-53(40-49)63-43-55(77(6,7)8)44-64(61-27-20-31-68-74(61)62-26-11-15-30-67(62)78(68)65-28-13-9-21-51(65)42-52-22-10-14-29-66(52)78)75(63)81-48-80(70-33-17-18-34-71(70)81)56-23-19-24-57(45-56)83-58-36-37-60-59-25-12-16-32-69(59)82(72(60)46-58)73-38-35-54(47-79-73)76(3,4)5;/h9-41,43-44,47-48H,42H2,1-8H3;/q-3;/i1D3,2D3,42D2;. The van der Waals surface area contributed by atoms with Crippen molar-refractivity contribution < 1.29 is 36.8 Å². The largest absolute Gasteiger partial charge is 0.509 e. The van der Waals surface area contributed by atoms with Gasteiger partial charge in [0.2, 0.25) is 0 Å². The Kier molecular flexibility index (Phi) is 10.6. The van der Waals surface area contributed by atoms with Crippen LogP contribution in [0.5, 0.6) is 11.5 Å². The van der Waals surface area contributed by atoms with Crippen LogP contribution in [0, 0.1) is 32.5 Å². The van der Waals surface area contributed by atoms with E-state index in [1.54, 1.807) is 12.1 Å². The number of ether oxygens (including phenoxy) is 1. The summed E-state index contributed by atoms with van der Waals surface area (Å²) in [5.74, 6) is 1.71. The second-order valence-corrected chi connectivity index (χ2v) is 24.1. The summed E-state index contributed by atoms with van der Waals surface area (Å²) >= 11 is 0. The average Bonchev–Trinajstić information content (AvgIpc) is 1.47. The van der Waals surface area contributed by atoms with Crippen molar-refractivity contribution in [1.82, 2.24) is 9.55 Å². The summed E-state index contributed by atoms with van der Waals surface area (Å²) in [5, 5.41) is 2.08. The SMILES string of the molecule is [2H]C([2H])([2H])c1cc(-c2cc(C(C)(C)C)cc(-c3cccc4c3-c3ccccc3C43c4ccccc4C([2H])([2H])c4ccccc43)c2N2[CH-]N(c3[c-]c(Oc4[c-]c5c(cc4)c4ccccc4n5-c4ccc(C(C)(C)C)cn4)ccc3)c3ccccc32)cc(C([2H])([2H])[2H])c1.[Pt]. The Bertz CT molecular complexity index is 4880. The van der Waals surface area contributed by atoms with Gasteiger partial charge in [0, 0.05) is 83.4 Å². The minimum atomic E-state index is -2.65. The molecule has 0 radical (unpaired) electrons. The second kappa shape index (κ2) is 20.0. The minimum Gasteiger partial charge on any atom is -0.509 e. The fourth-order valence-electron chi connectivity index (χ4n) is 13.2. The topological polar surface area (TPSA) is 33.5 Å². The van der Waals surface area contributed by atoms with Gasteiger partial charge in [-0.1, -0.05) is 204 Å². The molecular weight excluding hydrogens is 1200 g/mol. The Hall–Kier alpha value is -8.76. The molecule has 0 atom stereocenters. The third kappa shape index (κ3) is 8.41. The van der Waals surface area contributed by atoms with E-state index in [1.807, 2.05) is 97.8 Å². The molecule has 10 aromatic carbocycles. The molecule has 2 aliphatic carbocycles. The Balaban J connectivity index is 0.00000735. The van der Waals surface area contributed by atoms with E-state index in [-0.39, 0.29) is 37.6 Å². The van der Waals surface area contributed by atoms with Gasteiger partial charge in [-0.05, 0) is 139 Å². The summed E-state index contributed by atoms with van der Waals surface area (Å²) < 4.78 is 81.0. The Morgan fingerprint density at radius 1 is 0.536 bits per heavy atom. The van der Waals surface area contributed by atoms with E-state index in [1.165, 1.54) is 6.07 Å². The zero-order valence-electron chi connectivity index (χ0n) is 55.4. The molecule has 0 saturated heterocycles. The van der Waals surface area contributed by atoms with Crippen molar-refractivity contribution in [3.05, 3.63) is 293 Å². The van der Waals surface area contributed by atoms with E-state index in [0.717, 1.165) is 94.6 Å². The summed E-state index contributed by atoms with van der Waals surface area (Å²) in [7, 11) is 0. The molecule has 0 unspecified atom stereocenters. The van der Waals surface area contributed by atoms with Gasteiger partial charge >= 0.3 is 0 Å². The van der Waals surface area contributed by atoms with Gasteiger partial charge in [-0.15, -0.1) is 48.1 Å². The number of rotatable bonds is 7. The monoisotopic (exact) mass is 1270 g/mol. The summed E-state index contributed by atoms with van der Waals surface area (Å²) in [5.41, 5.74) is 14.9. The maximum absolute atomic E-state index is 9.77. The summed E-state index contributed by atoms with van der Waals surface area (Å²) in [6.07, 6.45) is 0.151. The van der Waals surface area contributed by atoms with Gasteiger partial charge in [0.15, 0.2) is 0 Å². The smallest absolute Gasteiger partial charge is 0.135 e. The Labute approximate surface area is 519 Å². The Morgan fingerprint density at radius 2 is 1.15 bits per heavy atom. The zero-order chi connectivity index (χ0) is 63.3. The predicted molar refractivity (Wildman–Crippen MR) is 342 cm³/mol. The third-order valence-electron chi connectivity index (χ3n) is 17.0. The number of benzene rings is 10. The van der Waals surface area contributed by atoms with E-state index in [4.69, 9.17) is 17.9 Å². The molecule has 0 fully saturated rings. The van der Waals surface area contributed by atoms with Crippen LogP contribution >= 0.6 is 0 Å². The normalized spacial score (nSPS) is 16.1. The van der Waals surface area contributed by atoms with Crippen molar-refractivity contribution in [3.63, 3.8) is 0 Å². The maximum Gasteiger partial charge on any atom is 0.135 e. The summed E-state index contributed by atoms with van der Waals surface area (Å²) in [6, 6.07) is 77.2. The van der Waals surface area contributed by atoms with Crippen LogP contribution < -0.4 is 14.5 Å². The van der Waals surface area contributed by atoms with Crippen LogP contribution in [0.25, 0.3) is 61.0 Å². The number of hydrogen-bond donors (Lipinski definition) is 0. The molecule has 3 aliphatic rings. The van der Waals surface area contributed by atoms with Gasteiger partial charge in [0.1, 0.15) is 5.82 Å². The first-order valence-electron chi connectivity index (χ1n) is 32.3. The molecule has 414 valence electrons. The number of hydrogen-bond acceptors (Lipinski definition) is 4. The van der Waals surface area contributed by atoms with Crippen LogP contribution in [0.2, 0.25) is 0 Å². The molecule has 12 aromatic rings. The molecule has 6 heteroatoms. The van der Waals surface area contributed by atoms with Crippen LogP contribution in [0.15, 0.2) is 219 Å². The van der Waals surface area contributed by atoms with Crippen molar-refractivity contribution in [2.24, 2.45) is 0 Å². The first-order chi connectivity index (χ1) is 43.4. The predicted octanol–water partition coefficient (Wildman–Crippen LogP) is 19.8. The van der Waals surface area contributed by atoms with Crippen LogP contribution in [-0.2, 0) is 43.7 Å². The maximum atomic E-state index is 9.77. The average molecular weight is 1280 g/mol. The van der Waals surface area contributed by atoms with Gasteiger partial charge in [-0.25, -0.2) is 4.98 Å². The molecular formula is C78H63N4OPt-3. The summed E-state index contributed by atoms with van der Waals surface area (Å²) in [4.78, 5) is 9.19. The first-order valence-corrected chi connectivity index (χ1v) is 28.3. The molecule has 15 rings (SSSR count). The van der Waals surface area contributed by atoms with Crippen LogP contribution in [0.4, 0.5) is 22.7 Å². The van der Waals surface area contributed by atoms with Gasteiger partial charge < -0.3 is 19.1 Å². The van der Waals surface area contributed by atoms with Gasteiger partial charge in [0.05, 0.1) is 5.41 Å². The molecule has 3 heterocycles. The van der Waals surface area contributed by atoms with Crippen LogP contribution in [0.1, 0.15) is 108 Å². The fourth-order valence-corrected chi connectivity index (χ4v) is 13.2. The van der Waals surface area contributed by atoms with Crippen molar-refractivity contribution in [1.29, 1.82) is 0 Å². The van der Waals surface area contributed by atoms with Crippen LogP contribution in [-0.4, -0.2) is 9.55 Å². The quantitative estimate of drug-likeness (QED) is 0.149. The second-order valence-electron chi connectivity index (χ2n) is 24.1. The molecule has 1 aliphatic heterocycles. The minimum absolute atomic E-state index is 0. The number of anilines is 4. The molecule has 2 aromatic heterocycles. The number of nitrogens with zero attached hydrogens (tertiary/aromatic N) is 4. The van der Waals surface area contributed by atoms with E-state index in [2.05, 4.69) is 177 Å². The number of fused-ring (bicyclic) bond motifs is 13. The van der Waals surface area contributed by atoms with E-state index in [0.29, 0.717) is 45.1 Å². The Morgan fingerprint density at radius 3 is 1.87 bits per heavy atom. The first kappa shape index (κ1) is 44.8. The van der Waals surface area contributed by atoms with E-state index >= 15 is 0 Å². The molecule has 5 nitrogen and oxygen atoms in total. The van der Waals surface area contributed by atoms with E-state index < -0.39 is 30.9 Å².